The van der Waals surface area contributed by atoms with Crippen LogP contribution in [0.15, 0.2) is 29.2 Å². The Bertz CT molecular complexity index is 1040. The van der Waals surface area contributed by atoms with E-state index in [0.717, 1.165) is 12.8 Å². The maximum atomic E-state index is 12.4. The second-order valence-corrected chi connectivity index (χ2v) is 7.60. The van der Waals surface area contributed by atoms with Gasteiger partial charge in [0, 0.05) is 24.0 Å². The van der Waals surface area contributed by atoms with E-state index in [1.807, 2.05) is 0 Å². The number of carbonyl (C=O) groups excluding carboxylic acids is 1. The van der Waals surface area contributed by atoms with Gasteiger partial charge in [0.2, 0.25) is 4.96 Å². The maximum absolute atomic E-state index is 12.4. The van der Waals surface area contributed by atoms with Crippen LogP contribution in [0.4, 0.5) is 5.82 Å². The van der Waals surface area contributed by atoms with Gasteiger partial charge >= 0.3 is 5.97 Å². The summed E-state index contributed by atoms with van der Waals surface area (Å²) in [4.78, 5) is 33.3. The lowest BCUT2D eigenvalue weighted by Gasteiger charge is -2.13. The Morgan fingerprint density at radius 1 is 1.37 bits per heavy atom. The number of fused-ring (bicyclic) bond motifs is 1. The molecule has 140 valence electrons. The van der Waals surface area contributed by atoms with Gasteiger partial charge in [-0.1, -0.05) is 24.2 Å². The molecule has 0 bridgehead atoms. The van der Waals surface area contributed by atoms with Crippen LogP contribution >= 0.6 is 11.3 Å². The Morgan fingerprint density at radius 2 is 2.19 bits per heavy atom. The Hall–Kier alpha value is -2.81. The lowest BCUT2D eigenvalue weighted by Crippen LogP contribution is -2.16. The monoisotopic (exact) mass is 385 g/mol. The topological polar surface area (TPSA) is 98.5 Å². The standard InChI is InChI=1S/C18H19N5O3S/c1-11-8-16(24)23-18(20-11)27-15(22-23)10-26-17(25)12-6-7-19-14(9-12)21-13-4-2-3-5-13/h6-9,13H,2-5,10H2,1H3,(H,19,21). The first-order valence-electron chi connectivity index (χ1n) is 8.84. The summed E-state index contributed by atoms with van der Waals surface area (Å²) in [6.45, 7) is 1.74. The van der Waals surface area contributed by atoms with E-state index >= 15 is 0 Å². The molecule has 1 aliphatic rings. The van der Waals surface area contributed by atoms with Crippen molar-refractivity contribution in [3.8, 4) is 0 Å². The van der Waals surface area contributed by atoms with E-state index in [1.54, 1.807) is 25.3 Å². The fraction of sp³-hybridized carbons (Fsp3) is 0.389. The highest BCUT2D eigenvalue weighted by Crippen LogP contribution is 2.22. The number of anilines is 1. The molecule has 1 N–H and O–H groups in total. The number of nitrogens with zero attached hydrogens (tertiary/aromatic N) is 4. The van der Waals surface area contributed by atoms with Gasteiger partial charge in [-0.2, -0.15) is 9.61 Å². The van der Waals surface area contributed by atoms with Gasteiger partial charge < -0.3 is 10.1 Å². The highest BCUT2D eigenvalue weighted by molar-refractivity contribution is 7.16. The molecular weight excluding hydrogens is 366 g/mol. The molecule has 0 amide bonds. The average molecular weight is 385 g/mol. The zero-order valence-electron chi connectivity index (χ0n) is 14.8. The first-order valence-corrected chi connectivity index (χ1v) is 9.66. The van der Waals surface area contributed by atoms with Crippen LogP contribution in [-0.4, -0.2) is 31.6 Å². The highest BCUT2D eigenvalue weighted by Gasteiger charge is 2.16. The van der Waals surface area contributed by atoms with Gasteiger partial charge in [0.05, 0.1) is 5.56 Å². The average Bonchev–Trinajstić information content (AvgIpc) is 3.29. The zero-order valence-corrected chi connectivity index (χ0v) is 15.7. The van der Waals surface area contributed by atoms with E-state index in [2.05, 4.69) is 20.4 Å². The van der Waals surface area contributed by atoms with Gasteiger partial charge in [0.25, 0.3) is 5.56 Å². The maximum Gasteiger partial charge on any atom is 0.338 e. The molecule has 0 radical (unpaired) electrons. The van der Waals surface area contributed by atoms with Crippen molar-refractivity contribution in [2.45, 2.75) is 45.3 Å². The van der Waals surface area contributed by atoms with Crippen molar-refractivity contribution in [2.75, 3.05) is 5.32 Å². The van der Waals surface area contributed by atoms with Crippen LogP contribution in [0.2, 0.25) is 0 Å². The van der Waals surface area contributed by atoms with Crippen LogP contribution in [0.3, 0.4) is 0 Å². The molecule has 0 spiro atoms. The predicted octanol–water partition coefficient (Wildman–Crippen LogP) is 2.57. The van der Waals surface area contributed by atoms with E-state index in [-0.39, 0.29) is 12.2 Å². The van der Waals surface area contributed by atoms with Crippen LogP contribution in [-0.2, 0) is 11.3 Å². The van der Waals surface area contributed by atoms with E-state index in [9.17, 15) is 9.59 Å². The largest absolute Gasteiger partial charge is 0.455 e. The van der Waals surface area contributed by atoms with Crippen molar-refractivity contribution in [3.05, 3.63) is 51.0 Å². The molecule has 4 rings (SSSR count). The van der Waals surface area contributed by atoms with Crippen LogP contribution in [0.5, 0.6) is 0 Å². The first kappa shape index (κ1) is 17.6. The summed E-state index contributed by atoms with van der Waals surface area (Å²) in [7, 11) is 0. The summed E-state index contributed by atoms with van der Waals surface area (Å²) in [5.74, 6) is 0.227. The van der Waals surface area contributed by atoms with Crippen molar-refractivity contribution < 1.29 is 9.53 Å². The highest BCUT2D eigenvalue weighted by atomic mass is 32.1. The Morgan fingerprint density at radius 3 is 3.00 bits per heavy atom. The fourth-order valence-corrected chi connectivity index (χ4v) is 4.00. The second kappa shape index (κ2) is 7.43. The van der Waals surface area contributed by atoms with Gasteiger partial charge in [0.1, 0.15) is 12.4 Å². The van der Waals surface area contributed by atoms with E-state index in [4.69, 9.17) is 4.74 Å². The van der Waals surface area contributed by atoms with Crippen LogP contribution in [0.25, 0.3) is 4.96 Å². The van der Waals surface area contributed by atoms with Crippen LogP contribution < -0.4 is 10.9 Å². The summed E-state index contributed by atoms with van der Waals surface area (Å²) < 4.78 is 6.57. The molecule has 3 aromatic rings. The van der Waals surface area contributed by atoms with Gasteiger partial charge in [-0.3, -0.25) is 4.79 Å². The summed E-state index contributed by atoms with van der Waals surface area (Å²) in [6.07, 6.45) is 6.29. The number of hydrogen-bond donors (Lipinski definition) is 1. The number of nitrogens with one attached hydrogen (secondary N) is 1. The lowest BCUT2D eigenvalue weighted by atomic mass is 10.2. The molecule has 27 heavy (non-hydrogen) atoms. The van der Waals surface area contributed by atoms with E-state index in [0.29, 0.717) is 33.1 Å². The third kappa shape index (κ3) is 3.97. The molecule has 0 saturated heterocycles. The van der Waals surface area contributed by atoms with Crippen molar-refractivity contribution in [3.63, 3.8) is 0 Å². The van der Waals surface area contributed by atoms with E-state index < -0.39 is 5.97 Å². The first-order chi connectivity index (χ1) is 13.1. The smallest absolute Gasteiger partial charge is 0.338 e. The SMILES string of the molecule is Cc1cc(=O)n2nc(COC(=O)c3ccnc(NC4CCCC4)c3)sc2n1. The number of esters is 1. The summed E-state index contributed by atoms with van der Waals surface area (Å²) in [6, 6.07) is 5.16. The predicted molar refractivity (Wildman–Crippen MR) is 101 cm³/mol. The number of carbonyl (C=O) groups is 1. The summed E-state index contributed by atoms with van der Waals surface area (Å²) in [5, 5.41) is 8.04. The normalized spacial score (nSPS) is 14.6. The molecule has 0 atom stereocenters. The molecule has 1 saturated carbocycles. The van der Waals surface area contributed by atoms with Crippen LogP contribution in [0.1, 0.15) is 46.7 Å². The quantitative estimate of drug-likeness (QED) is 0.674. The molecular formula is C18H19N5O3S. The second-order valence-electron chi connectivity index (χ2n) is 6.56. The zero-order chi connectivity index (χ0) is 18.8. The molecule has 0 unspecified atom stereocenters. The molecule has 3 aromatic heterocycles. The molecule has 1 aliphatic carbocycles. The number of aryl methyl sites for hydroxylation is 1. The minimum atomic E-state index is -0.456. The van der Waals surface area contributed by atoms with Crippen LogP contribution in [0, 0.1) is 6.92 Å². The third-order valence-corrected chi connectivity index (χ3v) is 5.33. The lowest BCUT2D eigenvalue weighted by molar-refractivity contribution is 0.0471. The molecule has 9 heteroatoms. The minimum absolute atomic E-state index is 0.0148. The fourth-order valence-electron chi connectivity index (χ4n) is 3.14. The van der Waals surface area contributed by atoms with Gasteiger partial charge in [0.15, 0.2) is 5.01 Å². The molecule has 1 fully saturated rings. The summed E-state index contributed by atoms with van der Waals surface area (Å²) >= 11 is 1.23. The van der Waals surface area contributed by atoms with Crippen molar-refractivity contribution in [1.82, 2.24) is 19.6 Å². The summed E-state index contributed by atoms with van der Waals surface area (Å²) in [5.41, 5.74) is 0.812. The number of aromatic nitrogens is 4. The number of ether oxygens (including phenoxy) is 1. The molecule has 3 heterocycles. The Balaban J connectivity index is 1.43. The number of hydrogen-bond acceptors (Lipinski definition) is 8. The number of rotatable bonds is 5. The molecule has 8 nitrogen and oxygen atoms in total. The molecule has 0 aromatic carbocycles. The minimum Gasteiger partial charge on any atom is -0.455 e. The number of pyridine rings is 1. The Kier molecular flexibility index (Phi) is 4.85. The van der Waals surface area contributed by atoms with Gasteiger partial charge in [-0.05, 0) is 31.9 Å². The molecule has 0 aliphatic heterocycles. The van der Waals surface area contributed by atoms with Crippen molar-refractivity contribution >= 4 is 28.1 Å². The van der Waals surface area contributed by atoms with Crippen molar-refractivity contribution in [1.29, 1.82) is 0 Å². The Labute approximate surface area is 159 Å². The van der Waals surface area contributed by atoms with Gasteiger partial charge in [-0.15, -0.1) is 0 Å². The third-order valence-electron chi connectivity index (χ3n) is 4.44. The van der Waals surface area contributed by atoms with Crippen molar-refractivity contribution in [2.24, 2.45) is 0 Å². The van der Waals surface area contributed by atoms with E-state index in [1.165, 1.54) is 34.8 Å². The van der Waals surface area contributed by atoms with Gasteiger partial charge in [-0.25, -0.2) is 14.8 Å².